The predicted molar refractivity (Wildman–Crippen MR) is 100 cm³/mol. The lowest BCUT2D eigenvalue weighted by Crippen LogP contribution is -2.70. The summed E-state index contributed by atoms with van der Waals surface area (Å²) in [5.74, 6) is 0.216. The third-order valence-electron chi connectivity index (χ3n) is 4.84. The Kier molecular flexibility index (Phi) is 4.11. The molecule has 2 aliphatic heterocycles. The van der Waals surface area contributed by atoms with Gasteiger partial charge in [0.25, 0.3) is 0 Å². The molecule has 0 unspecified atom stereocenters. The third kappa shape index (κ3) is 3.04. The molecule has 27 heavy (non-hydrogen) atoms. The summed E-state index contributed by atoms with van der Waals surface area (Å²) in [5, 5.41) is 9.02. The molecular formula is C19H18ClN3O4. The first kappa shape index (κ1) is 17.5. The molecule has 140 valence electrons. The van der Waals surface area contributed by atoms with Crippen molar-refractivity contribution in [1.29, 1.82) is 0 Å². The second-order valence-corrected chi connectivity index (χ2v) is 7.10. The summed E-state index contributed by atoms with van der Waals surface area (Å²) < 4.78 is 11.3. The number of nitrogens with one attached hydrogen (secondary N) is 3. The van der Waals surface area contributed by atoms with Crippen molar-refractivity contribution in [2.75, 3.05) is 12.4 Å². The van der Waals surface area contributed by atoms with Crippen molar-refractivity contribution in [2.45, 2.75) is 18.7 Å². The molecule has 0 aromatic heterocycles. The molecule has 0 radical (unpaired) electrons. The van der Waals surface area contributed by atoms with Gasteiger partial charge in [0.05, 0.1) is 13.2 Å². The van der Waals surface area contributed by atoms with Gasteiger partial charge in [-0.1, -0.05) is 11.6 Å². The molecule has 3 N–H and O–H groups in total. The zero-order valence-corrected chi connectivity index (χ0v) is 15.5. The molecule has 2 bridgehead atoms. The van der Waals surface area contributed by atoms with E-state index in [1.54, 1.807) is 56.5 Å². The predicted octanol–water partition coefficient (Wildman–Crippen LogP) is 3.07. The molecule has 2 aliphatic rings. The van der Waals surface area contributed by atoms with Gasteiger partial charge in [0.2, 0.25) is 5.91 Å². The van der Waals surface area contributed by atoms with Gasteiger partial charge in [-0.05, 0) is 49.4 Å². The molecule has 0 saturated carbocycles. The summed E-state index contributed by atoms with van der Waals surface area (Å²) in [4.78, 5) is 25.2. The summed E-state index contributed by atoms with van der Waals surface area (Å²) in [6.45, 7) is 1.69. The maximum atomic E-state index is 13.1. The van der Waals surface area contributed by atoms with Gasteiger partial charge >= 0.3 is 6.03 Å². The van der Waals surface area contributed by atoms with Crippen LogP contribution in [0.4, 0.5) is 10.5 Å². The summed E-state index contributed by atoms with van der Waals surface area (Å²) >= 11 is 5.90. The maximum absolute atomic E-state index is 13.1. The summed E-state index contributed by atoms with van der Waals surface area (Å²) in [5.41, 5.74) is 0.109. The van der Waals surface area contributed by atoms with Crippen LogP contribution >= 0.6 is 11.6 Å². The molecule has 3 amide bonds. The van der Waals surface area contributed by atoms with E-state index >= 15 is 0 Å². The first-order valence-corrected chi connectivity index (χ1v) is 8.79. The highest BCUT2D eigenvalue weighted by Gasteiger charge is 2.55. The second-order valence-electron chi connectivity index (χ2n) is 6.66. The number of urea groups is 1. The number of ether oxygens (including phenoxy) is 2. The van der Waals surface area contributed by atoms with Crippen molar-refractivity contribution in [2.24, 2.45) is 5.92 Å². The SMILES string of the molecule is COc1ccc2c(c1)[C@H]1NC(=O)N[C@@](C)(O2)[C@@H]1C(=O)Nc1ccc(Cl)cc1. The number of benzene rings is 2. The largest absolute Gasteiger partial charge is 0.497 e. The highest BCUT2D eigenvalue weighted by molar-refractivity contribution is 6.30. The topological polar surface area (TPSA) is 88.7 Å². The first-order chi connectivity index (χ1) is 12.9. The summed E-state index contributed by atoms with van der Waals surface area (Å²) in [7, 11) is 1.56. The van der Waals surface area contributed by atoms with E-state index in [0.717, 1.165) is 0 Å². The van der Waals surface area contributed by atoms with Crippen LogP contribution in [0.2, 0.25) is 5.02 Å². The third-order valence-corrected chi connectivity index (χ3v) is 5.10. The number of fused-ring (bicyclic) bond motifs is 4. The van der Waals surface area contributed by atoms with Gasteiger partial charge in [-0.2, -0.15) is 0 Å². The number of hydrogen-bond donors (Lipinski definition) is 3. The fraction of sp³-hybridized carbons (Fsp3) is 0.263. The molecule has 3 atom stereocenters. The minimum Gasteiger partial charge on any atom is -0.497 e. The van der Waals surface area contributed by atoms with E-state index < -0.39 is 23.7 Å². The Balaban J connectivity index is 1.71. The smallest absolute Gasteiger partial charge is 0.318 e. The van der Waals surface area contributed by atoms with Crippen LogP contribution in [0, 0.1) is 5.92 Å². The Morgan fingerprint density at radius 3 is 2.70 bits per heavy atom. The first-order valence-electron chi connectivity index (χ1n) is 8.42. The Morgan fingerprint density at radius 1 is 1.26 bits per heavy atom. The molecule has 8 heteroatoms. The van der Waals surface area contributed by atoms with Crippen LogP contribution in [0.5, 0.6) is 11.5 Å². The van der Waals surface area contributed by atoms with Gasteiger partial charge < -0.3 is 20.1 Å². The lowest BCUT2D eigenvalue weighted by Gasteiger charge is -2.49. The van der Waals surface area contributed by atoms with Crippen LogP contribution < -0.4 is 25.4 Å². The Morgan fingerprint density at radius 2 is 2.00 bits per heavy atom. The molecule has 7 nitrogen and oxygen atoms in total. The quantitative estimate of drug-likeness (QED) is 0.755. The molecule has 2 aromatic carbocycles. The number of hydrogen-bond acceptors (Lipinski definition) is 4. The summed E-state index contributed by atoms with van der Waals surface area (Å²) in [6.07, 6.45) is 0. The average Bonchev–Trinajstić information content (AvgIpc) is 2.62. The number of halogens is 1. The van der Waals surface area contributed by atoms with Crippen LogP contribution in [0.15, 0.2) is 42.5 Å². The fourth-order valence-corrected chi connectivity index (χ4v) is 3.73. The monoisotopic (exact) mass is 387 g/mol. The van der Waals surface area contributed by atoms with Crippen molar-refractivity contribution in [1.82, 2.24) is 10.6 Å². The van der Waals surface area contributed by atoms with E-state index in [2.05, 4.69) is 16.0 Å². The molecule has 1 fully saturated rings. The van der Waals surface area contributed by atoms with Crippen LogP contribution in [0.1, 0.15) is 18.5 Å². The molecule has 2 aromatic rings. The van der Waals surface area contributed by atoms with E-state index in [1.165, 1.54) is 0 Å². The average molecular weight is 388 g/mol. The Hall–Kier alpha value is -2.93. The number of carbonyl (C=O) groups excluding carboxylic acids is 2. The van der Waals surface area contributed by atoms with Crippen LogP contribution in [0.3, 0.4) is 0 Å². The molecule has 2 heterocycles. The highest BCUT2D eigenvalue weighted by Crippen LogP contribution is 2.46. The second kappa shape index (κ2) is 6.35. The van der Waals surface area contributed by atoms with Gasteiger partial charge in [0, 0.05) is 16.3 Å². The van der Waals surface area contributed by atoms with Gasteiger partial charge in [-0.3, -0.25) is 10.1 Å². The standard InChI is InChI=1S/C19H18ClN3O4/c1-19-15(17(24)21-11-5-3-10(20)4-6-11)16(22-18(25)23-19)13-9-12(26-2)7-8-14(13)27-19/h3-9,15-16H,1-2H3,(H,21,24)(H2,22,23,25)/t15-,16+,19-/m0/s1. The van der Waals surface area contributed by atoms with Crippen LogP contribution in [-0.2, 0) is 4.79 Å². The van der Waals surface area contributed by atoms with Crippen molar-refractivity contribution in [3.8, 4) is 11.5 Å². The zero-order valence-electron chi connectivity index (χ0n) is 14.7. The summed E-state index contributed by atoms with van der Waals surface area (Å²) in [6, 6.07) is 11.2. The van der Waals surface area contributed by atoms with Crippen molar-refractivity contribution < 1.29 is 19.1 Å². The van der Waals surface area contributed by atoms with Crippen molar-refractivity contribution in [3.63, 3.8) is 0 Å². The molecule has 0 aliphatic carbocycles. The highest BCUT2D eigenvalue weighted by atomic mass is 35.5. The Bertz CT molecular complexity index is 918. The minimum atomic E-state index is -1.19. The number of amides is 3. The number of carbonyl (C=O) groups is 2. The van der Waals surface area contributed by atoms with Crippen LogP contribution in [-0.4, -0.2) is 24.8 Å². The number of rotatable bonds is 3. The molecule has 1 saturated heterocycles. The molecule has 4 rings (SSSR count). The molecule has 0 spiro atoms. The van der Waals surface area contributed by atoms with Crippen molar-refractivity contribution >= 4 is 29.2 Å². The van der Waals surface area contributed by atoms with Gasteiger partial charge in [0.15, 0.2) is 5.72 Å². The maximum Gasteiger partial charge on any atom is 0.318 e. The van der Waals surface area contributed by atoms with E-state index in [1.807, 2.05) is 0 Å². The van der Waals surface area contributed by atoms with E-state index in [4.69, 9.17) is 21.1 Å². The number of anilines is 1. The lowest BCUT2D eigenvalue weighted by atomic mass is 9.79. The Labute approximate surface area is 161 Å². The molecular weight excluding hydrogens is 370 g/mol. The zero-order chi connectivity index (χ0) is 19.2. The normalized spacial score (nSPS) is 25.4. The van der Waals surface area contributed by atoms with Gasteiger partial charge in [-0.15, -0.1) is 0 Å². The van der Waals surface area contributed by atoms with Crippen LogP contribution in [0.25, 0.3) is 0 Å². The van der Waals surface area contributed by atoms with Gasteiger partial charge in [-0.25, -0.2) is 4.79 Å². The van der Waals surface area contributed by atoms with E-state index in [9.17, 15) is 9.59 Å². The van der Waals surface area contributed by atoms with Gasteiger partial charge in [0.1, 0.15) is 17.4 Å². The van der Waals surface area contributed by atoms with Crippen molar-refractivity contribution in [3.05, 3.63) is 53.1 Å². The van der Waals surface area contributed by atoms with E-state index in [-0.39, 0.29) is 5.91 Å². The van der Waals surface area contributed by atoms with E-state index in [0.29, 0.717) is 27.8 Å². The number of methoxy groups -OCH3 is 1. The lowest BCUT2D eigenvalue weighted by molar-refractivity contribution is -0.133. The minimum absolute atomic E-state index is 0.286. The fourth-order valence-electron chi connectivity index (χ4n) is 3.60.